The zero-order valence-electron chi connectivity index (χ0n) is 13.9. The normalized spacial score (nSPS) is 16.7. The number of hydrogen-bond acceptors (Lipinski definition) is 6. The molecule has 0 radical (unpaired) electrons. The van der Waals surface area contributed by atoms with Gasteiger partial charge in [-0.2, -0.15) is 0 Å². The number of carbonyl (C=O) groups is 2. The van der Waals surface area contributed by atoms with Crippen LogP contribution < -0.4 is 11.1 Å². The van der Waals surface area contributed by atoms with Crippen molar-refractivity contribution in [2.24, 2.45) is 0 Å². The second-order valence-corrected chi connectivity index (χ2v) is 6.80. The van der Waals surface area contributed by atoms with Crippen LogP contribution in [0.4, 0.5) is 9.80 Å². The fourth-order valence-electron chi connectivity index (χ4n) is 2.82. The first kappa shape index (κ1) is 17.2. The van der Waals surface area contributed by atoms with Gasteiger partial charge in [0.05, 0.1) is 6.04 Å². The van der Waals surface area contributed by atoms with Crippen molar-refractivity contribution in [2.45, 2.75) is 25.5 Å². The summed E-state index contributed by atoms with van der Waals surface area (Å²) >= 11 is 1.25. The number of ether oxygens (including phenoxy) is 1. The van der Waals surface area contributed by atoms with Crippen LogP contribution in [0.5, 0.6) is 0 Å². The van der Waals surface area contributed by atoms with Crippen molar-refractivity contribution in [3.8, 4) is 0 Å². The standard InChI is InChI=1S/C17H20N4O3S/c1-19-15(22)13-14(18)25-16(20-13)12-8-5-9-21(12)17(23)24-10-11-6-3-2-4-7-11/h2-4,6-7,12H,5,8-10,18H2,1H3,(H,19,22). The molecule has 1 atom stereocenters. The Morgan fingerprint density at radius 2 is 2.16 bits per heavy atom. The Bertz CT molecular complexity index is 763. The molecule has 1 aliphatic rings. The average molecular weight is 360 g/mol. The summed E-state index contributed by atoms with van der Waals surface area (Å²) in [6.45, 7) is 0.833. The quantitative estimate of drug-likeness (QED) is 0.873. The van der Waals surface area contributed by atoms with Crippen LogP contribution in [-0.4, -0.2) is 35.5 Å². The van der Waals surface area contributed by atoms with Crippen molar-refractivity contribution in [3.05, 3.63) is 46.6 Å². The number of nitrogens with one attached hydrogen (secondary N) is 1. The van der Waals surface area contributed by atoms with Gasteiger partial charge in [0.15, 0.2) is 5.69 Å². The number of benzene rings is 1. The molecule has 132 valence electrons. The maximum absolute atomic E-state index is 12.5. The van der Waals surface area contributed by atoms with E-state index in [9.17, 15) is 9.59 Å². The molecule has 1 aromatic heterocycles. The predicted octanol–water partition coefficient (Wildman–Crippen LogP) is 2.56. The molecule has 1 unspecified atom stereocenters. The van der Waals surface area contributed by atoms with E-state index in [1.54, 1.807) is 4.90 Å². The lowest BCUT2D eigenvalue weighted by Crippen LogP contribution is -2.31. The van der Waals surface area contributed by atoms with Gasteiger partial charge in [-0.25, -0.2) is 9.78 Å². The van der Waals surface area contributed by atoms with E-state index in [4.69, 9.17) is 10.5 Å². The Balaban J connectivity index is 1.70. The minimum Gasteiger partial charge on any atom is -0.445 e. The van der Waals surface area contributed by atoms with Crippen molar-refractivity contribution < 1.29 is 14.3 Å². The molecule has 2 aromatic rings. The minimum atomic E-state index is -0.374. The third-order valence-electron chi connectivity index (χ3n) is 4.09. The zero-order chi connectivity index (χ0) is 17.8. The van der Waals surface area contributed by atoms with E-state index in [0.717, 1.165) is 18.4 Å². The summed E-state index contributed by atoms with van der Waals surface area (Å²) in [5.74, 6) is -0.323. The van der Waals surface area contributed by atoms with Crippen LogP contribution in [0.2, 0.25) is 0 Å². The summed E-state index contributed by atoms with van der Waals surface area (Å²) in [4.78, 5) is 30.2. The maximum Gasteiger partial charge on any atom is 0.410 e. The van der Waals surface area contributed by atoms with Crippen LogP contribution in [-0.2, 0) is 11.3 Å². The SMILES string of the molecule is CNC(=O)c1nc(C2CCCN2C(=O)OCc2ccccc2)sc1N. The summed E-state index contributed by atoms with van der Waals surface area (Å²) in [5.41, 5.74) is 7.05. The summed E-state index contributed by atoms with van der Waals surface area (Å²) in [6.07, 6.45) is 1.27. The number of nitrogens with two attached hydrogens (primary N) is 1. The van der Waals surface area contributed by atoms with Crippen molar-refractivity contribution in [2.75, 3.05) is 19.3 Å². The highest BCUT2D eigenvalue weighted by Gasteiger charge is 2.34. The average Bonchev–Trinajstić information content (AvgIpc) is 3.26. The fourth-order valence-corrected chi connectivity index (χ4v) is 3.80. The Labute approximate surface area is 149 Å². The number of nitrogen functional groups attached to an aromatic ring is 1. The van der Waals surface area contributed by atoms with Crippen molar-refractivity contribution in [1.29, 1.82) is 0 Å². The van der Waals surface area contributed by atoms with E-state index >= 15 is 0 Å². The van der Waals surface area contributed by atoms with Crippen LogP contribution in [0.3, 0.4) is 0 Å². The molecule has 25 heavy (non-hydrogen) atoms. The van der Waals surface area contributed by atoms with Gasteiger partial charge in [-0.1, -0.05) is 41.7 Å². The van der Waals surface area contributed by atoms with Crippen LogP contribution in [0.1, 0.15) is 39.9 Å². The highest BCUT2D eigenvalue weighted by Crippen LogP contribution is 2.36. The van der Waals surface area contributed by atoms with Crippen molar-refractivity contribution in [3.63, 3.8) is 0 Å². The molecular weight excluding hydrogens is 340 g/mol. The van der Waals surface area contributed by atoms with Gasteiger partial charge in [0.25, 0.3) is 5.91 Å². The number of carbonyl (C=O) groups excluding carboxylic acids is 2. The molecule has 0 bridgehead atoms. The number of thiazole rings is 1. The highest BCUT2D eigenvalue weighted by atomic mass is 32.1. The molecule has 0 aliphatic carbocycles. The third kappa shape index (κ3) is 3.74. The molecule has 3 N–H and O–H groups in total. The third-order valence-corrected chi connectivity index (χ3v) is 5.08. The second-order valence-electron chi connectivity index (χ2n) is 5.74. The molecule has 0 saturated carbocycles. The van der Waals surface area contributed by atoms with Gasteiger partial charge in [0.1, 0.15) is 16.6 Å². The molecule has 2 amide bonds. The molecule has 3 rings (SSSR count). The Morgan fingerprint density at radius 3 is 2.88 bits per heavy atom. The number of nitrogens with zero attached hydrogens (tertiary/aromatic N) is 2. The Morgan fingerprint density at radius 1 is 1.40 bits per heavy atom. The van der Waals surface area contributed by atoms with E-state index in [1.807, 2.05) is 30.3 Å². The lowest BCUT2D eigenvalue weighted by Gasteiger charge is -2.22. The number of aromatic nitrogens is 1. The zero-order valence-corrected chi connectivity index (χ0v) is 14.7. The number of hydrogen-bond donors (Lipinski definition) is 2. The smallest absolute Gasteiger partial charge is 0.410 e. The maximum atomic E-state index is 12.5. The second kappa shape index (κ2) is 7.52. The predicted molar refractivity (Wildman–Crippen MR) is 95.2 cm³/mol. The topological polar surface area (TPSA) is 97.5 Å². The number of amides is 2. The molecule has 0 spiro atoms. The van der Waals surface area contributed by atoms with Gasteiger partial charge in [-0.05, 0) is 18.4 Å². The summed E-state index contributed by atoms with van der Waals surface area (Å²) in [7, 11) is 1.53. The van der Waals surface area contributed by atoms with Gasteiger partial charge in [0, 0.05) is 13.6 Å². The minimum absolute atomic E-state index is 0.200. The number of rotatable bonds is 4. The van der Waals surface area contributed by atoms with E-state index in [-0.39, 0.29) is 30.3 Å². The van der Waals surface area contributed by atoms with Crippen LogP contribution in [0.25, 0.3) is 0 Å². The molecule has 1 saturated heterocycles. The number of likely N-dealkylation sites (tertiary alicyclic amines) is 1. The van der Waals surface area contributed by atoms with Gasteiger partial charge in [-0.3, -0.25) is 9.69 Å². The molecule has 1 aliphatic heterocycles. The molecule has 1 aromatic carbocycles. The van der Waals surface area contributed by atoms with E-state index in [1.165, 1.54) is 18.4 Å². The van der Waals surface area contributed by atoms with Crippen molar-refractivity contribution >= 4 is 28.3 Å². The van der Waals surface area contributed by atoms with E-state index in [0.29, 0.717) is 16.6 Å². The lowest BCUT2D eigenvalue weighted by molar-refractivity contribution is 0.0920. The van der Waals surface area contributed by atoms with Gasteiger partial charge >= 0.3 is 6.09 Å². The largest absolute Gasteiger partial charge is 0.445 e. The molecule has 2 heterocycles. The number of anilines is 1. The first-order valence-electron chi connectivity index (χ1n) is 8.05. The molecular formula is C17H20N4O3S. The fraction of sp³-hybridized carbons (Fsp3) is 0.353. The Hall–Kier alpha value is -2.61. The molecule has 1 fully saturated rings. The summed E-state index contributed by atoms with van der Waals surface area (Å²) in [5, 5.41) is 3.55. The summed E-state index contributed by atoms with van der Waals surface area (Å²) < 4.78 is 5.42. The highest BCUT2D eigenvalue weighted by molar-refractivity contribution is 7.16. The van der Waals surface area contributed by atoms with Crippen LogP contribution in [0, 0.1) is 0 Å². The van der Waals surface area contributed by atoms with Gasteiger partial charge in [0.2, 0.25) is 0 Å². The first-order chi connectivity index (χ1) is 12.1. The summed E-state index contributed by atoms with van der Waals surface area (Å²) in [6, 6.07) is 9.34. The molecule has 8 heteroatoms. The monoisotopic (exact) mass is 360 g/mol. The van der Waals surface area contributed by atoms with Gasteiger partial charge < -0.3 is 15.8 Å². The molecule has 7 nitrogen and oxygen atoms in total. The van der Waals surface area contributed by atoms with Gasteiger partial charge in [-0.15, -0.1) is 0 Å². The Kier molecular flexibility index (Phi) is 5.18. The lowest BCUT2D eigenvalue weighted by atomic mass is 10.2. The van der Waals surface area contributed by atoms with Crippen LogP contribution >= 0.6 is 11.3 Å². The van der Waals surface area contributed by atoms with Crippen molar-refractivity contribution in [1.82, 2.24) is 15.2 Å². The van der Waals surface area contributed by atoms with Crippen LogP contribution in [0.15, 0.2) is 30.3 Å². The first-order valence-corrected chi connectivity index (χ1v) is 8.87. The van der Waals surface area contributed by atoms with E-state index < -0.39 is 0 Å². The van der Waals surface area contributed by atoms with E-state index in [2.05, 4.69) is 10.3 Å².